The van der Waals surface area contributed by atoms with Crippen LogP contribution in [0.15, 0.2) is 18.2 Å². The number of pyridine rings is 1. The quantitative estimate of drug-likeness (QED) is 0.640. The Labute approximate surface area is 119 Å². The number of ether oxygens (including phenoxy) is 2. The first kappa shape index (κ1) is 16.2. The van der Waals surface area contributed by atoms with Crippen LogP contribution in [0.1, 0.15) is 47.6 Å². The first-order chi connectivity index (χ1) is 9.44. The van der Waals surface area contributed by atoms with Crippen molar-refractivity contribution < 1.29 is 19.4 Å². The van der Waals surface area contributed by atoms with Gasteiger partial charge in [0.15, 0.2) is 11.4 Å². The fraction of sp³-hybridized carbons (Fsp3) is 0.467. The highest BCUT2D eigenvalue weighted by Crippen LogP contribution is 2.28. The first-order valence-corrected chi connectivity index (χ1v) is 6.43. The van der Waals surface area contributed by atoms with Gasteiger partial charge in [0.05, 0.1) is 26.0 Å². The van der Waals surface area contributed by atoms with Gasteiger partial charge < -0.3 is 14.6 Å². The van der Waals surface area contributed by atoms with Gasteiger partial charge in [-0.1, -0.05) is 19.1 Å². The summed E-state index contributed by atoms with van der Waals surface area (Å²) in [5.41, 5.74) is 2.14. The van der Waals surface area contributed by atoms with E-state index in [1.54, 1.807) is 13.0 Å². The summed E-state index contributed by atoms with van der Waals surface area (Å²) in [7, 11) is 2.74. The molecule has 1 N–H and O–H groups in total. The molecule has 1 aromatic rings. The predicted octanol–water partition coefficient (Wildman–Crippen LogP) is 2.57. The third-order valence-electron chi connectivity index (χ3n) is 3.08. The van der Waals surface area contributed by atoms with Gasteiger partial charge in [-0.05, 0) is 31.4 Å². The Morgan fingerprint density at radius 1 is 1.50 bits per heavy atom. The molecule has 0 aliphatic carbocycles. The number of carbonyl (C=O) groups excluding carboxylic acids is 1. The van der Waals surface area contributed by atoms with Crippen molar-refractivity contribution in [3.05, 3.63) is 35.2 Å². The zero-order valence-corrected chi connectivity index (χ0v) is 12.4. The highest BCUT2D eigenvalue weighted by Gasteiger charge is 2.21. The summed E-state index contributed by atoms with van der Waals surface area (Å²) in [5, 5.41) is 10.2. The Morgan fingerprint density at radius 3 is 2.65 bits per heavy atom. The van der Waals surface area contributed by atoms with Crippen LogP contribution in [0.3, 0.4) is 0 Å². The number of nitrogens with zero attached hydrogens (tertiary/aromatic N) is 1. The zero-order chi connectivity index (χ0) is 15.3. The molecule has 5 nitrogen and oxygen atoms in total. The molecule has 5 heteroatoms. The van der Waals surface area contributed by atoms with Gasteiger partial charge in [0.25, 0.3) is 0 Å². The molecule has 1 atom stereocenters. The molecule has 0 aliphatic rings. The standard InChI is InChI=1S/C15H21NO4/c1-6-9(2)7-12(17)11-8-10(3)14(19-4)13(16-11)15(18)20-5/h8,12,17H,2,6-7H2,1,3-5H3. The second kappa shape index (κ2) is 7.05. The fourth-order valence-electron chi connectivity index (χ4n) is 1.87. The van der Waals surface area contributed by atoms with Crippen LogP contribution in [0.25, 0.3) is 0 Å². The van der Waals surface area contributed by atoms with Crippen molar-refractivity contribution in [3.63, 3.8) is 0 Å². The van der Waals surface area contributed by atoms with Crippen LogP contribution >= 0.6 is 0 Å². The van der Waals surface area contributed by atoms with E-state index in [0.29, 0.717) is 17.9 Å². The summed E-state index contributed by atoms with van der Waals surface area (Å²) in [5.74, 6) is -0.226. The minimum Gasteiger partial charge on any atom is -0.494 e. The molecule has 1 heterocycles. The van der Waals surface area contributed by atoms with Gasteiger partial charge >= 0.3 is 5.97 Å². The number of aromatic nitrogens is 1. The van der Waals surface area contributed by atoms with Gasteiger partial charge in [-0.15, -0.1) is 0 Å². The van der Waals surface area contributed by atoms with E-state index in [4.69, 9.17) is 9.47 Å². The van der Waals surface area contributed by atoms with Crippen molar-refractivity contribution in [2.24, 2.45) is 0 Å². The number of carbonyl (C=O) groups is 1. The van der Waals surface area contributed by atoms with Crippen LogP contribution in [0.2, 0.25) is 0 Å². The van der Waals surface area contributed by atoms with Gasteiger partial charge in [0, 0.05) is 0 Å². The Hall–Kier alpha value is -1.88. The number of hydrogen-bond acceptors (Lipinski definition) is 5. The topological polar surface area (TPSA) is 68.7 Å². The normalized spacial score (nSPS) is 11.8. The minimum atomic E-state index is -0.796. The largest absolute Gasteiger partial charge is 0.494 e. The molecule has 1 aromatic heterocycles. The number of rotatable bonds is 6. The van der Waals surface area contributed by atoms with Gasteiger partial charge in [-0.25, -0.2) is 9.78 Å². The van der Waals surface area contributed by atoms with Crippen LogP contribution in [-0.4, -0.2) is 30.3 Å². The third-order valence-corrected chi connectivity index (χ3v) is 3.08. The van der Waals surface area contributed by atoms with E-state index in [-0.39, 0.29) is 5.69 Å². The zero-order valence-electron chi connectivity index (χ0n) is 12.4. The number of aliphatic hydroxyl groups is 1. The van der Waals surface area contributed by atoms with Crippen molar-refractivity contribution in [2.45, 2.75) is 32.8 Å². The first-order valence-electron chi connectivity index (χ1n) is 6.43. The molecule has 0 saturated heterocycles. The van der Waals surface area contributed by atoms with Gasteiger partial charge in [0.1, 0.15) is 0 Å². The second-order valence-corrected chi connectivity index (χ2v) is 4.56. The van der Waals surface area contributed by atoms with Gasteiger partial charge in [0.2, 0.25) is 0 Å². The van der Waals surface area contributed by atoms with Crippen LogP contribution in [-0.2, 0) is 4.74 Å². The predicted molar refractivity (Wildman–Crippen MR) is 75.9 cm³/mol. The van der Waals surface area contributed by atoms with E-state index in [2.05, 4.69) is 11.6 Å². The maximum atomic E-state index is 11.7. The molecule has 0 bridgehead atoms. The van der Waals surface area contributed by atoms with E-state index in [1.807, 2.05) is 6.92 Å². The van der Waals surface area contributed by atoms with Crippen molar-refractivity contribution in [1.29, 1.82) is 0 Å². The second-order valence-electron chi connectivity index (χ2n) is 4.56. The number of methoxy groups -OCH3 is 2. The smallest absolute Gasteiger partial charge is 0.360 e. The Morgan fingerprint density at radius 2 is 2.15 bits per heavy atom. The number of aliphatic hydroxyl groups excluding tert-OH is 1. The molecule has 0 aromatic carbocycles. The maximum absolute atomic E-state index is 11.7. The van der Waals surface area contributed by atoms with E-state index in [0.717, 1.165) is 17.6 Å². The molecular formula is C15H21NO4. The lowest BCUT2D eigenvalue weighted by Gasteiger charge is -2.15. The van der Waals surface area contributed by atoms with Crippen molar-refractivity contribution in [3.8, 4) is 5.75 Å². The van der Waals surface area contributed by atoms with Crippen LogP contribution in [0, 0.1) is 6.92 Å². The van der Waals surface area contributed by atoms with Crippen molar-refractivity contribution in [2.75, 3.05) is 14.2 Å². The van der Waals surface area contributed by atoms with Crippen LogP contribution < -0.4 is 4.74 Å². The number of esters is 1. The summed E-state index contributed by atoms with van der Waals surface area (Å²) >= 11 is 0. The molecule has 0 saturated carbocycles. The molecule has 0 aliphatic heterocycles. The van der Waals surface area contributed by atoms with Gasteiger partial charge in [-0.3, -0.25) is 0 Å². The third kappa shape index (κ3) is 3.57. The van der Waals surface area contributed by atoms with E-state index in [1.165, 1.54) is 14.2 Å². The lowest BCUT2D eigenvalue weighted by molar-refractivity contribution is 0.0588. The summed E-state index contributed by atoms with van der Waals surface area (Å²) in [6, 6.07) is 1.71. The summed E-state index contributed by atoms with van der Waals surface area (Å²) in [4.78, 5) is 15.9. The minimum absolute atomic E-state index is 0.0751. The number of aryl methyl sites for hydroxylation is 1. The maximum Gasteiger partial charge on any atom is 0.360 e. The van der Waals surface area contributed by atoms with E-state index < -0.39 is 12.1 Å². The van der Waals surface area contributed by atoms with E-state index >= 15 is 0 Å². The van der Waals surface area contributed by atoms with E-state index in [9.17, 15) is 9.90 Å². The highest BCUT2D eigenvalue weighted by molar-refractivity contribution is 5.90. The molecule has 20 heavy (non-hydrogen) atoms. The van der Waals surface area contributed by atoms with Gasteiger partial charge in [-0.2, -0.15) is 0 Å². The average molecular weight is 279 g/mol. The van der Waals surface area contributed by atoms with Crippen molar-refractivity contribution in [1.82, 2.24) is 4.98 Å². The molecule has 1 unspecified atom stereocenters. The molecule has 0 radical (unpaired) electrons. The molecule has 0 amide bonds. The molecule has 0 fully saturated rings. The summed E-state index contributed by atoms with van der Waals surface area (Å²) in [6.45, 7) is 7.63. The number of hydrogen-bond donors (Lipinski definition) is 1. The SMILES string of the molecule is C=C(CC)CC(O)c1cc(C)c(OC)c(C(=O)OC)n1. The summed E-state index contributed by atoms with van der Waals surface area (Å²) in [6.07, 6.45) is 0.404. The molecule has 1 rings (SSSR count). The molecular weight excluding hydrogens is 258 g/mol. The van der Waals surface area contributed by atoms with Crippen molar-refractivity contribution >= 4 is 5.97 Å². The highest BCUT2D eigenvalue weighted by atomic mass is 16.5. The van der Waals surface area contributed by atoms with Crippen LogP contribution in [0.5, 0.6) is 5.75 Å². The Bertz CT molecular complexity index is 511. The lowest BCUT2D eigenvalue weighted by atomic mass is 10.0. The fourth-order valence-corrected chi connectivity index (χ4v) is 1.87. The Balaban J connectivity index is 3.19. The Kier molecular flexibility index (Phi) is 5.70. The summed E-state index contributed by atoms with van der Waals surface area (Å²) < 4.78 is 9.86. The molecule has 110 valence electrons. The van der Waals surface area contributed by atoms with Crippen LogP contribution in [0.4, 0.5) is 0 Å². The molecule has 0 spiro atoms. The lowest BCUT2D eigenvalue weighted by Crippen LogP contribution is -2.12. The average Bonchev–Trinajstić information content (AvgIpc) is 2.45. The monoisotopic (exact) mass is 279 g/mol.